The number of rotatable bonds is 11. The Hall–Kier alpha value is -2.91. The third-order valence-electron chi connectivity index (χ3n) is 5.15. The van der Waals surface area contributed by atoms with Crippen LogP contribution in [0.15, 0.2) is 53.4 Å². The molecular weight excluding hydrogens is 430 g/mol. The summed E-state index contributed by atoms with van der Waals surface area (Å²) in [6, 6.07) is 12.9. The molecule has 2 aromatic carbocycles. The zero-order valence-electron chi connectivity index (χ0n) is 18.3. The quantitative estimate of drug-likeness (QED) is 0.393. The number of benzene rings is 2. The molecule has 0 radical (unpaired) electrons. The third kappa shape index (κ3) is 5.66. The van der Waals surface area contributed by atoms with Crippen LogP contribution in [-0.2, 0) is 19.4 Å². The number of sulfone groups is 1. The molecule has 8 nitrogen and oxygen atoms in total. The van der Waals surface area contributed by atoms with Gasteiger partial charge in [-0.15, -0.1) is 0 Å². The minimum Gasteiger partial charge on any atom is -0.494 e. The van der Waals surface area contributed by atoms with Crippen molar-refractivity contribution in [2.24, 2.45) is 0 Å². The van der Waals surface area contributed by atoms with E-state index in [9.17, 15) is 18.0 Å². The van der Waals surface area contributed by atoms with E-state index < -0.39 is 15.9 Å². The highest BCUT2D eigenvalue weighted by molar-refractivity contribution is 7.91. The van der Waals surface area contributed by atoms with Crippen LogP contribution in [0, 0.1) is 0 Å². The Morgan fingerprint density at radius 2 is 1.69 bits per heavy atom. The number of amides is 2. The first kappa shape index (κ1) is 23.7. The molecule has 0 bridgehead atoms. The van der Waals surface area contributed by atoms with E-state index in [1.165, 1.54) is 4.90 Å². The average molecular weight is 460 g/mol. The van der Waals surface area contributed by atoms with Crippen molar-refractivity contribution in [1.82, 2.24) is 5.32 Å². The molecule has 9 heteroatoms. The fourth-order valence-corrected chi connectivity index (χ4v) is 4.26. The molecule has 0 unspecified atom stereocenters. The van der Waals surface area contributed by atoms with Crippen molar-refractivity contribution in [2.75, 3.05) is 35.7 Å². The lowest BCUT2D eigenvalue weighted by Crippen LogP contribution is -2.40. The molecule has 0 saturated carbocycles. The van der Waals surface area contributed by atoms with Crippen molar-refractivity contribution in [3.63, 3.8) is 0 Å². The first-order valence-corrected chi connectivity index (χ1v) is 12.4. The summed E-state index contributed by atoms with van der Waals surface area (Å²) < 4.78 is 29.3. The van der Waals surface area contributed by atoms with Gasteiger partial charge in [0, 0.05) is 18.8 Å². The van der Waals surface area contributed by atoms with Gasteiger partial charge in [-0.25, -0.2) is 13.3 Å². The smallest absolute Gasteiger partial charge is 0.251 e. The van der Waals surface area contributed by atoms with Gasteiger partial charge in [-0.3, -0.25) is 9.59 Å². The molecule has 1 fully saturated rings. The largest absolute Gasteiger partial charge is 0.494 e. The van der Waals surface area contributed by atoms with Gasteiger partial charge in [0.1, 0.15) is 5.75 Å². The summed E-state index contributed by atoms with van der Waals surface area (Å²) in [5, 5.41) is 6.30. The molecule has 0 spiro atoms. The normalized spacial score (nSPS) is 16.4. The molecule has 1 aliphatic rings. The number of nitrogens with one attached hydrogen (secondary N) is 2. The maximum Gasteiger partial charge on any atom is 0.251 e. The Bertz CT molecular complexity index is 1040. The van der Waals surface area contributed by atoms with E-state index >= 15 is 0 Å². The van der Waals surface area contributed by atoms with Gasteiger partial charge in [0.05, 0.1) is 35.4 Å². The van der Waals surface area contributed by atoms with Crippen LogP contribution in [0.2, 0.25) is 0 Å². The lowest BCUT2D eigenvalue weighted by Gasteiger charge is -2.16. The molecule has 2 amide bonds. The Balaban J connectivity index is 1.49. The van der Waals surface area contributed by atoms with Gasteiger partial charge in [-0.05, 0) is 55.0 Å². The summed E-state index contributed by atoms with van der Waals surface area (Å²) in [7, 11) is -3.22. The topological polar surface area (TPSA) is 105 Å². The lowest BCUT2D eigenvalue weighted by atomic mass is 10.2. The van der Waals surface area contributed by atoms with Gasteiger partial charge in [0.25, 0.3) is 5.91 Å². The summed E-state index contributed by atoms with van der Waals surface area (Å²) in [4.78, 5) is 26.7. The second-order valence-corrected chi connectivity index (χ2v) is 9.75. The van der Waals surface area contributed by atoms with E-state index in [1.54, 1.807) is 55.5 Å². The van der Waals surface area contributed by atoms with Crippen LogP contribution < -0.4 is 20.3 Å². The summed E-state index contributed by atoms with van der Waals surface area (Å²) >= 11 is 0. The van der Waals surface area contributed by atoms with Crippen molar-refractivity contribution in [3.8, 4) is 5.75 Å². The number of hydrogen-bond acceptors (Lipinski definition) is 7. The summed E-state index contributed by atoms with van der Waals surface area (Å²) in [6.45, 7) is 5.23. The SMILES string of the molecule is CCCOc1ccc(N2C(=O)C[C@H](NCCNc3ccc(S(=O)(=O)CC)cc3)C2=O)cc1. The molecule has 1 atom stereocenters. The first-order chi connectivity index (χ1) is 15.4. The zero-order valence-corrected chi connectivity index (χ0v) is 19.2. The molecule has 1 aliphatic heterocycles. The molecule has 32 heavy (non-hydrogen) atoms. The van der Waals surface area contributed by atoms with Crippen LogP contribution in [0.3, 0.4) is 0 Å². The predicted molar refractivity (Wildman–Crippen MR) is 124 cm³/mol. The van der Waals surface area contributed by atoms with Crippen LogP contribution in [-0.4, -0.2) is 51.7 Å². The van der Waals surface area contributed by atoms with Gasteiger partial charge in [0.2, 0.25) is 5.91 Å². The highest BCUT2D eigenvalue weighted by atomic mass is 32.2. The van der Waals surface area contributed by atoms with E-state index in [1.807, 2.05) is 6.92 Å². The van der Waals surface area contributed by atoms with Gasteiger partial charge in [-0.1, -0.05) is 13.8 Å². The number of carbonyl (C=O) groups is 2. The molecule has 2 aromatic rings. The van der Waals surface area contributed by atoms with Crippen LogP contribution in [0.4, 0.5) is 11.4 Å². The van der Waals surface area contributed by atoms with Crippen molar-refractivity contribution in [1.29, 1.82) is 0 Å². The fourth-order valence-electron chi connectivity index (χ4n) is 3.37. The van der Waals surface area contributed by atoms with Crippen LogP contribution >= 0.6 is 0 Å². The number of nitrogens with zero attached hydrogens (tertiary/aromatic N) is 1. The molecule has 0 aromatic heterocycles. The highest BCUT2D eigenvalue weighted by Crippen LogP contribution is 2.25. The number of ether oxygens (including phenoxy) is 1. The predicted octanol–water partition coefficient (Wildman–Crippen LogP) is 2.60. The van der Waals surface area contributed by atoms with E-state index in [2.05, 4.69) is 10.6 Å². The van der Waals surface area contributed by atoms with E-state index in [0.717, 1.165) is 12.1 Å². The molecular formula is C23H29N3O5S. The second-order valence-electron chi connectivity index (χ2n) is 7.48. The number of anilines is 2. The summed E-state index contributed by atoms with van der Waals surface area (Å²) in [5.74, 6) is 0.253. The summed E-state index contributed by atoms with van der Waals surface area (Å²) in [6.07, 6.45) is 1.01. The minimum absolute atomic E-state index is 0.0611. The van der Waals surface area contributed by atoms with Gasteiger partial charge >= 0.3 is 0 Å². The van der Waals surface area contributed by atoms with Crippen molar-refractivity contribution < 1.29 is 22.7 Å². The fraction of sp³-hybridized carbons (Fsp3) is 0.391. The minimum atomic E-state index is -3.22. The van der Waals surface area contributed by atoms with Crippen molar-refractivity contribution in [2.45, 2.75) is 37.6 Å². The monoisotopic (exact) mass is 459 g/mol. The zero-order chi connectivity index (χ0) is 23.1. The van der Waals surface area contributed by atoms with Gasteiger partial charge in [0.15, 0.2) is 9.84 Å². The van der Waals surface area contributed by atoms with Crippen LogP contribution in [0.5, 0.6) is 5.75 Å². The highest BCUT2D eigenvalue weighted by Gasteiger charge is 2.39. The van der Waals surface area contributed by atoms with Crippen molar-refractivity contribution in [3.05, 3.63) is 48.5 Å². The van der Waals surface area contributed by atoms with E-state index in [0.29, 0.717) is 36.0 Å². The Morgan fingerprint density at radius 3 is 2.31 bits per heavy atom. The Labute approximate surface area is 188 Å². The molecule has 3 rings (SSSR count). The van der Waals surface area contributed by atoms with E-state index in [4.69, 9.17) is 4.74 Å². The van der Waals surface area contributed by atoms with Crippen molar-refractivity contribution >= 4 is 33.0 Å². The average Bonchev–Trinajstić information content (AvgIpc) is 3.09. The third-order valence-corrected chi connectivity index (χ3v) is 6.90. The second kappa shape index (κ2) is 10.6. The molecule has 1 heterocycles. The van der Waals surface area contributed by atoms with Crippen LogP contribution in [0.1, 0.15) is 26.7 Å². The number of imide groups is 1. The summed E-state index contributed by atoms with van der Waals surface area (Å²) in [5.41, 5.74) is 1.32. The maximum absolute atomic E-state index is 12.7. The van der Waals surface area contributed by atoms with Crippen LogP contribution in [0.25, 0.3) is 0 Å². The van der Waals surface area contributed by atoms with Gasteiger partial charge in [-0.2, -0.15) is 0 Å². The number of hydrogen-bond donors (Lipinski definition) is 2. The van der Waals surface area contributed by atoms with Gasteiger partial charge < -0.3 is 15.4 Å². The molecule has 172 valence electrons. The number of carbonyl (C=O) groups excluding carboxylic acids is 2. The first-order valence-electron chi connectivity index (χ1n) is 10.8. The van der Waals surface area contributed by atoms with E-state index in [-0.39, 0.29) is 24.0 Å². The Kier molecular flexibility index (Phi) is 7.87. The lowest BCUT2D eigenvalue weighted by molar-refractivity contribution is -0.121. The molecule has 1 saturated heterocycles. The maximum atomic E-state index is 12.7. The Morgan fingerprint density at radius 1 is 1.00 bits per heavy atom. The molecule has 2 N–H and O–H groups in total. The molecule has 0 aliphatic carbocycles. The standard InChI is InChI=1S/C23H29N3O5S/c1-3-15-31-19-9-7-18(8-10-19)26-22(27)16-21(23(26)28)25-14-13-24-17-5-11-20(12-6-17)32(29,30)4-2/h5-12,21,24-25H,3-4,13-16H2,1-2H3/t21-/m0/s1.